The minimum Gasteiger partial charge on any atom is -0.481 e. The second-order valence-corrected chi connectivity index (χ2v) is 4.54. The van der Waals surface area contributed by atoms with Gasteiger partial charge in [-0.3, -0.25) is 9.59 Å². The molecule has 0 fully saturated rings. The molecule has 0 saturated heterocycles. The predicted molar refractivity (Wildman–Crippen MR) is 75.0 cm³/mol. The van der Waals surface area contributed by atoms with E-state index in [1.54, 1.807) is 6.08 Å². The van der Waals surface area contributed by atoms with Crippen LogP contribution in [0.15, 0.2) is 24.3 Å². The summed E-state index contributed by atoms with van der Waals surface area (Å²) < 4.78 is 0. The van der Waals surface area contributed by atoms with Crippen molar-refractivity contribution in [3.05, 3.63) is 24.3 Å². The summed E-state index contributed by atoms with van der Waals surface area (Å²) in [5.41, 5.74) is 0. The monoisotopic (exact) mass is 268 g/mol. The summed E-state index contributed by atoms with van der Waals surface area (Å²) in [4.78, 5) is 21.3. The number of allylic oxidation sites excluding steroid dienone is 4. The largest absolute Gasteiger partial charge is 0.481 e. The quantitative estimate of drug-likeness (QED) is 0.443. The first-order valence-electron chi connectivity index (χ1n) is 6.82. The summed E-state index contributed by atoms with van der Waals surface area (Å²) in [7, 11) is 0. The highest BCUT2D eigenvalue weighted by Gasteiger charge is 2.18. The van der Waals surface area contributed by atoms with E-state index in [1.807, 2.05) is 6.08 Å². The molecule has 0 aromatic rings. The van der Waals surface area contributed by atoms with Gasteiger partial charge in [-0.2, -0.15) is 0 Å². The van der Waals surface area contributed by atoms with Crippen molar-refractivity contribution in [1.82, 2.24) is 0 Å². The predicted octanol–water partition coefficient (Wildman–Crippen LogP) is 3.63. The Labute approximate surface area is 114 Å². The van der Waals surface area contributed by atoms with Gasteiger partial charge in [-0.15, -0.1) is 0 Å². The van der Waals surface area contributed by atoms with Crippen molar-refractivity contribution >= 4 is 11.9 Å². The molecule has 108 valence electrons. The number of carbonyl (C=O) groups is 2. The molecule has 0 spiro atoms. The molecule has 0 saturated carbocycles. The summed E-state index contributed by atoms with van der Waals surface area (Å²) >= 11 is 0. The summed E-state index contributed by atoms with van der Waals surface area (Å²) in [5, 5.41) is 17.4. The molecule has 0 bridgehead atoms. The molecule has 0 radical (unpaired) electrons. The first-order valence-corrected chi connectivity index (χ1v) is 6.82. The van der Waals surface area contributed by atoms with Crippen molar-refractivity contribution in [2.75, 3.05) is 0 Å². The average Bonchev–Trinajstić information content (AvgIpc) is 2.34. The first-order chi connectivity index (χ1) is 9.07. The molecule has 0 heterocycles. The molecule has 0 rings (SSSR count). The number of carboxylic acids is 2. The van der Waals surface area contributed by atoms with E-state index in [2.05, 4.69) is 19.1 Å². The molecule has 4 nitrogen and oxygen atoms in total. The van der Waals surface area contributed by atoms with Gasteiger partial charge in [-0.05, 0) is 25.7 Å². The molecule has 0 aliphatic carbocycles. The van der Waals surface area contributed by atoms with Gasteiger partial charge in [0.25, 0.3) is 0 Å². The average molecular weight is 268 g/mol. The van der Waals surface area contributed by atoms with Crippen LogP contribution in [-0.2, 0) is 9.59 Å². The van der Waals surface area contributed by atoms with E-state index in [0.29, 0.717) is 0 Å². The third kappa shape index (κ3) is 11.3. The normalized spacial score (nSPS) is 13.1. The van der Waals surface area contributed by atoms with Crippen LogP contribution in [0.1, 0.15) is 51.9 Å². The van der Waals surface area contributed by atoms with Crippen molar-refractivity contribution in [2.45, 2.75) is 51.9 Å². The van der Waals surface area contributed by atoms with Crippen molar-refractivity contribution < 1.29 is 19.8 Å². The van der Waals surface area contributed by atoms with Crippen LogP contribution in [-0.4, -0.2) is 22.2 Å². The van der Waals surface area contributed by atoms with E-state index in [1.165, 1.54) is 19.3 Å². The molecule has 0 aromatic heterocycles. The highest BCUT2D eigenvalue weighted by molar-refractivity contribution is 5.77. The number of aliphatic carboxylic acids is 2. The Kier molecular flexibility index (Phi) is 10.6. The van der Waals surface area contributed by atoms with E-state index in [4.69, 9.17) is 10.2 Å². The van der Waals surface area contributed by atoms with Crippen molar-refractivity contribution in [1.29, 1.82) is 0 Å². The highest BCUT2D eigenvalue weighted by atomic mass is 16.4. The molecule has 0 aliphatic rings. The van der Waals surface area contributed by atoms with E-state index in [0.717, 1.165) is 12.8 Å². The molecular weight excluding hydrogens is 244 g/mol. The van der Waals surface area contributed by atoms with Crippen LogP contribution in [0.25, 0.3) is 0 Å². The van der Waals surface area contributed by atoms with Gasteiger partial charge in [0.1, 0.15) is 0 Å². The van der Waals surface area contributed by atoms with E-state index < -0.39 is 17.9 Å². The molecule has 1 unspecified atom stereocenters. The molecule has 2 N–H and O–H groups in total. The lowest BCUT2D eigenvalue weighted by Crippen LogP contribution is -2.16. The molecule has 0 amide bonds. The Morgan fingerprint density at radius 1 is 1.05 bits per heavy atom. The Hall–Kier alpha value is -1.58. The number of unbranched alkanes of at least 4 members (excludes halogenated alkanes) is 3. The summed E-state index contributed by atoms with van der Waals surface area (Å²) in [6, 6.07) is 0. The number of hydrogen-bond donors (Lipinski definition) is 2. The van der Waals surface area contributed by atoms with Crippen LogP contribution in [0, 0.1) is 5.92 Å². The number of carboxylic acid groups (broad SMARTS) is 2. The van der Waals surface area contributed by atoms with E-state index in [9.17, 15) is 9.59 Å². The van der Waals surface area contributed by atoms with Crippen LogP contribution in [0.4, 0.5) is 0 Å². The van der Waals surface area contributed by atoms with E-state index in [-0.39, 0.29) is 12.8 Å². The maximum atomic E-state index is 10.8. The van der Waals surface area contributed by atoms with Gasteiger partial charge in [0.15, 0.2) is 0 Å². The van der Waals surface area contributed by atoms with Gasteiger partial charge in [-0.1, -0.05) is 44.1 Å². The van der Waals surface area contributed by atoms with E-state index >= 15 is 0 Å². The van der Waals surface area contributed by atoms with Crippen molar-refractivity contribution in [3.63, 3.8) is 0 Å². The van der Waals surface area contributed by atoms with Gasteiger partial charge in [-0.25, -0.2) is 0 Å². The second-order valence-electron chi connectivity index (χ2n) is 4.54. The van der Waals surface area contributed by atoms with Crippen LogP contribution in [0.2, 0.25) is 0 Å². The summed E-state index contributed by atoms with van der Waals surface area (Å²) in [5.74, 6) is -2.96. The molecule has 19 heavy (non-hydrogen) atoms. The van der Waals surface area contributed by atoms with Crippen LogP contribution in [0.3, 0.4) is 0 Å². The topological polar surface area (TPSA) is 74.6 Å². The first kappa shape index (κ1) is 17.4. The fourth-order valence-corrected chi connectivity index (χ4v) is 1.64. The Bertz CT molecular complexity index is 318. The van der Waals surface area contributed by atoms with Crippen LogP contribution in [0.5, 0.6) is 0 Å². The maximum absolute atomic E-state index is 10.8. The fourth-order valence-electron chi connectivity index (χ4n) is 1.64. The third-order valence-electron chi connectivity index (χ3n) is 2.77. The Morgan fingerprint density at radius 3 is 2.32 bits per heavy atom. The lowest BCUT2D eigenvalue weighted by Gasteiger charge is -2.05. The lowest BCUT2D eigenvalue weighted by molar-refractivity contribution is -0.148. The van der Waals surface area contributed by atoms with Gasteiger partial charge < -0.3 is 10.2 Å². The number of hydrogen-bond acceptors (Lipinski definition) is 2. The molecule has 4 heteroatoms. The zero-order chi connectivity index (χ0) is 14.5. The smallest absolute Gasteiger partial charge is 0.307 e. The second kappa shape index (κ2) is 11.5. The van der Waals surface area contributed by atoms with Gasteiger partial charge in [0.05, 0.1) is 12.3 Å². The zero-order valence-electron chi connectivity index (χ0n) is 11.5. The summed E-state index contributed by atoms with van der Waals surface area (Å²) in [6.45, 7) is 2.17. The minimum absolute atomic E-state index is 0.269. The lowest BCUT2D eigenvalue weighted by atomic mass is 10.0. The Balaban J connectivity index is 3.80. The van der Waals surface area contributed by atoms with Crippen LogP contribution < -0.4 is 0 Å². The van der Waals surface area contributed by atoms with Gasteiger partial charge >= 0.3 is 11.9 Å². The molecular formula is C15H24O4. The molecule has 0 aromatic carbocycles. The van der Waals surface area contributed by atoms with Crippen molar-refractivity contribution in [2.24, 2.45) is 5.92 Å². The summed E-state index contributed by atoms with van der Waals surface area (Å²) in [6.07, 6.45) is 13.3. The minimum atomic E-state index is -1.07. The van der Waals surface area contributed by atoms with Gasteiger partial charge in [0.2, 0.25) is 0 Å². The highest BCUT2D eigenvalue weighted by Crippen LogP contribution is 2.10. The molecule has 0 aliphatic heterocycles. The van der Waals surface area contributed by atoms with Crippen LogP contribution >= 0.6 is 0 Å². The third-order valence-corrected chi connectivity index (χ3v) is 2.77. The fraction of sp³-hybridized carbons (Fsp3) is 0.600. The maximum Gasteiger partial charge on any atom is 0.307 e. The van der Waals surface area contributed by atoms with Crippen molar-refractivity contribution in [3.8, 4) is 0 Å². The zero-order valence-corrected chi connectivity index (χ0v) is 11.5. The number of rotatable bonds is 11. The Morgan fingerprint density at radius 2 is 1.74 bits per heavy atom. The van der Waals surface area contributed by atoms with Gasteiger partial charge in [0, 0.05) is 0 Å². The standard InChI is InChI=1S/C15H24O4/c1-2-3-4-5-6-7-8-9-10-11-13(15(18)19)12-14(16)17/h6-7,9-10,13H,2-5,8,11-12H2,1H3,(H,16,17)(H,18,19)/b7-6+,10-9+. The molecule has 1 atom stereocenters. The SMILES string of the molecule is CCCCC/C=C/C/C=C/CC(CC(=O)O)C(=O)O.